The van der Waals surface area contributed by atoms with Gasteiger partial charge in [0.15, 0.2) is 0 Å². The topological polar surface area (TPSA) is 216 Å². The van der Waals surface area contributed by atoms with Gasteiger partial charge in [-0.1, -0.05) is 285 Å². The molecule has 0 aromatic carbocycles. The number of carboxylic acids is 4. The van der Waals surface area contributed by atoms with Crippen molar-refractivity contribution in [2.75, 3.05) is 26.4 Å². The maximum Gasteiger partial charge on any atom is 4.00 e. The minimum absolute atomic E-state index is 0. The van der Waals surface area contributed by atoms with Crippen molar-refractivity contribution in [3.63, 3.8) is 0 Å². The van der Waals surface area contributed by atoms with E-state index in [1.54, 1.807) is 24.3 Å². The maximum absolute atomic E-state index is 12.7. The Bertz CT molecular complexity index is 1480. The number of rotatable bonds is 64. The molecule has 0 aromatic rings. The second-order valence-corrected chi connectivity index (χ2v) is 23.5. The summed E-state index contributed by atoms with van der Waals surface area (Å²) in [5, 5.41) is 50.9. The smallest absolute Gasteiger partial charge is 0.544 e. The standard InChI is InChI=1S/2C36H66O7.Ti/c2*1-5-9-13-17-21-25-29-35(33(37)38,41-31-27-23-19-15-11-7-3)43-36(34(39)40,30-26-22-18-14-10-6-2)42-32-28-24-20-16-12-8-4;/h2*25-26,29-30H,5-24,27-28,31-32H2,1-4H3,(H,37,38)(H,39,40);/q;;+4/p-4. The summed E-state index contributed by atoms with van der Waals surface area (Å²) in [6.07, 6.45) is 54.4. The van der Waals surface area contributed by atoms with Crippen LogP contribution < -0.4 is 20.4 Å². The third kappa shape index (κ3) is 46.1. The fraction of sp³-hybridized carbons (Fsp3) is 0.833. The molecule has 4 unspecified atom stereocenters. The van der Waals surface area contributed by atoms with Crippen molar-refractivity contribution in [1.29, 1.82) is 0 Å². The van der Waals surface area contributed by atoms with Gasteiger partial charge in [0.25, 0.3) is 0 Å². The minimum Gasteiger partial charge on any atom is -0.544 e. The zero-order valence-electron chi connectivity index (χ0n) is 56.8. The molecule has 0 saturated carbocycles. The van der Waals surface area contributed by atoms with Gasteiger partial charge in [0, 0.05) is 0 Å². The van der Waals surface area contributed by atoms with Crippen LogP contribution in [-0.2, 0) is 69.3 Å². The Balaban J connectivity index is -0.00000160. The van der Waals surface area contributed by atoms with Crippen molar-refractivity contribution in [2.24, 2.45) is 0 Å². The number of allylic oxidation sites excluding steroid dienone is 4. The molecule has 0 aliphatic rings. The van der Waals surface area contributed by atoms with E-state index in [9.17, 15) is 39.6 Å². The second kappa shape index (κ2) is 62.1. The van der Waals surface area contributed by atoms with Crippen molar-refractivity contribution in [1.82, 2.24) is 0 Å². The van der Waals surface area contributed by atoms with Crippen molar-refractivity contribution < 1.29 is 89.7 Å². The summed E-state index contributed by atoms with van der Waals surface area (Å²) in [4.78, 5) is 50.9. The van der Waals surface area contributed by atoms with Crippen LogP contribution in [0.1, 0.15) is 338 Å². The largest absolute Gasteiger partial charge is 4.00 e. The summed E-state index contributed by atoms with van der Waals surface area (Å²) in [7, 11) is 0. The SMILES string of the molecule is CCCCCCC=CC(OCCCCCCCC)(OC(C=CCCCCCC)(OCCCCCCCC)C(=O)[O-])C(=O)[O-].CCCCCCC=CC(OCCCCCCCC)(OC(C=CCCCCCC)(OCCCCCCCC)C(=O)[O-])C(=O)[O-].[Ti+4]. The van der Waals surface area contributed by atoms with Crippen LogP contribution in [0.3, 0.4) is 0 Å². The third-order valence-corrected chi connectivity index (χ3v) is 15.2. The quantitative estimate of drug-likeness (QED) is 0.0240. The van der Waals surface area contributed by atoms with Crippen molar-refractivity contribution in [2.45, 2.75) is 361 Å². The number of carbonyl (C=O) groups is 4. The number of aliphatic carboxylic acids is 4. The maximum atomic E-state index is 12.7. The van der Waals surface area contributed by atoms with E-state index in [2.05, 4.69) is 55.4 Å². The predicted molar refractivity (Wildman–Crippen MR) is 342 cm³/mol. The summed E-state index contributed by atoms with van der Waals surface area (Å²) < 4.78 is 35.4. The fourth-order valence-corrected chi connectivity index (χ4v) is 9.71. The second-order valence-electron chi connectivity index (χ2n) is 23.5. The Labute approximate surface area is 546 Å². The van der Waals surface area contributed by atoms with Gasteiger partial charge in [-0.05, 0) is 101 Å². The van der Waals surface area contributed by atoms with E-state index in [1.807, 2.05) is 0 Å². The zero-order chi connectivity index (χ0) is 64.2. The van der Waals surface area contributed by atoms with E-state index in [4.69, 9.17) is 28.4 Å². The van der Waals surface area contributed by atoms with E-state index in [-0.39, 0.29) is 48.1 Å². The third-order valence-electron chi connectivity index (χ3n) is 15.2. The molecule has 0 bridgehead atoms. The van der Waals surface area contributed by atoms with E-state index in [0.717, 1.165) is 231 Å². The Morgan fingerprint density at radius 1 is 0.253 bits per heavy atom. The summed E-state index contributed by atoms with van der Waals surface area (Å²) in [6.45, 7) is 17.5. The van der Waals surface area contributed by atoms with Gasteiger partial charge in [-0.3, -0.25) is 9.47 Å². The predicted octanol–water partition coefficient (Wildman–Crippen LogP) is 15.4. The molecule has 0 aliphatic heterocycles. The first-order chi connectivity index (χ1) is 41.7. The number of hydrogen-bond donors (Lipinski definition) is 0. The molecule has 504 valence electrons. The molecule has 14 nitrogen and oxygen atoms in total. The summed E-state index contributed by atoms with van der Waals surface area (Å²) >= 11 is 0. The van der Waals surface area contributed by atoms with Gasteiger partial charge in [-0.2, -0.15) is 0 Å². The summed E-state index contributed by atoms with van der Waals surface area (Å²) in [5.41, 5.74) is 0. The number of carbonyl (C=O) groups excluding carboxylic acids is 4. The first-order valence-electron chi connectivity index (χ1n) is 35.2. The fourth-order valence-electron chi connectivity index (χ4n) is 9.71. The first-order valence-corrected chi connectivity index (χ1v) is 35.2. The van der Waals surface area contributed by atoms with Gasteiger partial charge in [0.1, 0.15) is 23.9 Å². The first kappa shape index (κ1) is 88.5. The molecular weight excluding hydrogens is 1140 g/mol. The molecule has 0 rings (SSSR count). The molecule has 0 heterocycles. The molecular formula is C72H128O14Ti. The summed E-state index contributed by atoms with van der Waals surface area (Å²) in [6, 6.07) is 0. The van der Waals surface area contributed by atoms with Gasteiger partial charge in [0.2, 0.25) is 23.1 Å². The molecule has 15 heteroatoms. The monoisotopic (exact) mass is 1260 g/mol. The van der Waals surface area contributed by atoms with Gasteiger partial charge in [-0.25, -0.2) is 0 Å². The van der Waals surface area contributed by atoms with Crippen molar-refractivity contribution >= 4 is 23.9 Å². The van der Waals surface area contributed by atoms with Crippen LogP contribution in [0.2, 0.25) is 0 Å². The van der Waals surface area contributed by atoms with Crippen molar-refractivity contribution in [3.8, 4) is 0 Å². The van der Waals surface area contributed by atoms with E-state index in [0.29, 0.717) is 51.4 Å². The number of hydrogen-bond acceptors (Lipinski definition) is 14. The van der Waals surface area contributed by atoms with Crippen LogP contribution in [0.4, 0.5) is 0 Å². The van der Waals surface area contributed by atoms with Crippen LogP contribution in [0.25, 0.3) is 0 Å². The van der Waals surface area contributed by atoms with E-state index in [1.165, 1.54) is 24.3 Å². The molecule has 4 atom stereocenters. The van der Waals surface area contributed by atoms with Gasteiger partial charge in [-0.15, -0.1) is 0 Å². The van der Waals surface area contributed by atoms with Gasteiger partial charge in [0.05, 0.1) is 26.4 Å². The number of carboxylic acid groups (broad SMARTS) is 4. The molecule has 0 fully saturated rings. The van der Waals surface area contributed by atoms with Crippen LogP contribution in [0.15, 0.2) is 48.6 Å². The minimum atomic E-state index is -2.43. The van der Waals surface area contributed by atoms with Crippen LogP contribution >= 0.6 is 0 Å². The number of ether oxygens (including phenoxy) is 6. The molecule has 0 N–H and O–H groups in total. The van der Waals surface area contributed by atoms with Crippen molar-refractivity contribution in [3.05, 3.63) is 48.6 Å². The van der Waals surface area contributed by atoms with Gasteiger partial charge < -0.3 is 58.6 Å². The molecule has 0 radical (unpaired) electrons. The summed E-state index contributed by atoms with van der Waals surface area (Å²) in [5.74, 6) is -16.4. The van der Waals surface area contributed by atoms with Crippen LogP contribution in [0, 0.1) is 0 Å². The van der Waals surface area contributed by atoms with E-state index < -0.39 is 47.0 Å². The Hall–Kier alpha value is -2.69. The Kier molecular flexibility index (Phi) is 63.2. The van der Waals surface area contributed by atoms with Gasteiger partial charge >= 0.3 is 21.7 Å². The molecule has 0 spiro atoms. The molecule has 0 saturated heterocycles. The normalized spacial score (nSPS) is 14.6. The molecule has 0 amide bonds. The molecule has 0 aliphatic carbocycles. The van der Waals surface area contributed by atoms with Crippen LogP contribution in [-0.4, -0.2) is 73.5 Å². The average molecular weight is 1270 g/mol. The zero-order valence-corrected chi connectivity index (χ0v) is 58.3. The molecule has 0 aromatic heterocycles. The average Bonchev–Trinajstić information content (AvgIpc) is 2.41. The van der Waals surface area contributed by atoms with Crippen LogP contribution in [0.5, 0.6) is 0 Å². The number of unbranched alkanes of at least 4 members (excludes halogenated alkanes) is 36. The Morgan fingerprint density at radius 2 is 0.402 bits per heavy atom. The molecule has 87 heavy (non-hydrogen) atoms. The Morgan fingerprint density at radius 3 is 0.563 bits per heavy atom. The van der Waals surface area contributed by atoms with E-state index >= 15 is 0 Å².